The van der Waals surface area contributed by atoms with Crippen molar-refractivity contribution in [3.8, 4) is 28.4 Å². The number of sulfone groups is 1. The molecule has 11 heteroatoms. The summed E-state index contributed by atoms with van der Waals surface area (Å²) in [6, 6.07) is 14.0. The molecule has 0 N–H and O–H groups in total. The van der Waals surface area contributed by atoms with Gasteiger partial charge in [-0.05, 0) is 45.3 Å². The van der Waals surface area contributed by atoms with Crippen LogP contribution in [-0.4, -0.2) is 59.9 Å². The second-order valence-electron chi connectivity index (χ2n) is 8.37. The fourth-order valence-electron chi connectivity index (χ4n) is 4.10. The highest BCUT2D eigenvalue weighted by atomic mass is 32.2. The van der Waals surface area contributed by atoms with Gasteiger partial charge in [0.05, 0.1) is 35.2 Å². The lowest BCUT2D eigenvalue weighted by atomic mass is 10.1. The van der Waals surface area contributed by atoms with E-state index < -0.39 is 15.8 Å². The molecule has 0 unspecified atom stereocenters. The van der Waals surface area contributed by atoms with Crippen molar-refractivity contribution in [3.05, 3.63) is 65.6 Å². The maximum atomic E-state index is 13.0. The van der Waals surface area contributed by atoms with Gasteiger partial charge < -0.3 is 14.2 Å². The van der Waals surface area contributed by atoms with Crippen molar-refractivity contribution in [1.29, 1.82) is 0 Å². The summed E-state index contributed by atoms with van der Waals surface area (Å²) in [5, 5.41) is 8.55. The molecule has 3 heterocycles. The lowest BCUT2D eigenvalue weighted by Gasteiger charge is -2.19. The van der Waals surface area contributed by atoms with Crippen LogP contribution in [0, 0.1) is 0 Å². The minimum Gasteiger partial charge on any atom is -0.461 e. The Morgan fingerprint density at radius 3 is 2.74 bits per heavy atom. The quantitative estimate of drug-likeness (QED) is 0.373. The number of benzene rings is 2. The van der Waals surface area contributed by atoms with Gasteiger partial charge in [0.25, 0.3) is 5.89 Å². The Labute approximate surface area is 202 Å². The molecule has 0 fully saturated rings. The zero-order valence-corrected chi connectivity index (χ0v) is 20.2. The number of hydrogen-bond acceptors (Lipinski definition) is 9. The minimum atomic E-state index is -3.65. The van der Waals surface area contributed by atoms with Crippen LogP contribution in [0.25, 0.3) is 28.4 Å². The second kappa shape index (κ2) is 8.75. The third kappa shape index (κ3) is 4.13. The molecule has 4 aromatic rings. The number of esters is 1. The van der Waals surface area contributed by atoms with E-state index >= 15 is 0 Å². The number of fused-ring (bicyclic) bond motifs is 3. The van der Waals surface area contributed by atoms with Gasteiger partial charge in [-0.1, -0.05) is 29.4 Å². The number of carbonyl (C=O) groups excluding carboxylic acids is 1. The van der Waals surface area contributed by atoms with E-state index in [9.17, 15) is 13.2 Å². The first-order valence-electron chi connectivity index (χ1n) is 11.0. The Hall–Kier alpha value is -3.83. The van der Waals surface area contributed by atoms with E-state index in [0.717, 1.165) is 0 Å². The van der Waals surface area contributed by atoms with Gasteiger partial charge >= 0.3 is 5.97 Å². The van der Waals surface area contributed by atoms with Gasteiger partial charge in [0.15, 0.2) is 21.4 Å². The van der Waals surface area contributed by atoms with Crippen molar-refractivity contribution in [2.75, 3.05) is 20.7 Å². The molecule has 0 saturated heterocycles. The normalized spacial score (nSPS) is 13.9. The maximum absolute atomic E-state index is 13.0. The summed E-state index contributed by atoms with van der Waals surface area (Å²) in [6.45, 7) is 2.36. The van der Waals surface area contributed by atoms with Crippen LogP contribution in [0.4, 0.5) is 0 Å². The van der Waals surface area contributed by atoms with Gasteiger partial charge in [-0.15, -0.1) is 0 Å². The van der Waals surface area contributed by atoms with Crippen LogP contribution in [0.15, 0.2) is 57.9 Å². The van der Waals surface area contributed by atoms with Crippen molar-refractivity contribution < 1.29 is 22.5 Å². The maximum Gasteiger partial charge on any atom is 0.359 e. The number of hydrogen-bond donors (Lipinski definition) is 0. The van der Waals surface area contributed by atoms with Crippen LogP contribution in [-0.2, 0) is 26.9 Å². The average Bonchev–Trinajstić information content (AvgIpc) is 3.44. The Morgan fingerprint density at radius 1 is 1.17 bits per heavy atom. The Balaban J connectivity index is 1.68. The minimum absolute atomic E-state index is 0.0172. The Morgan fingerprint density at radius 2 is 1.97 bits per heavy atom. The van der Waals surface area contributed by atoms with E-state index in [4.69, 9.17) is 9.26 Å². The van der Waals surface area contributed by atoms with Crippen LogP contribution >= 0.6 is 0 Å². The summed E-state index contributed by atoms with van der Waals surface area (Å²) in [6.07, 6.45) is 0. The molecule has 0 atom stereocenters. The molecule has 0 aliphatic carbocycles. The van der Waals surface area contributed by atoms with Gasteiger partial charge in [-0.25, -0.2) is 17.9 Å². The van der Waals surface area contributed by atoms with Crippen LogP contribution in [0.3, 0.4) is 0 Å². The molecule has 0 spiro atoms. The number of aromatic nitrogens is 4. The predicted molar refractivity (Wildman–Crippen MR) is 127 cm³/mol. The molecule has 1 aliphatic heterocycles. The summed E-state index contributed by atoms with van der Waals surface area (Å²) < 4.78 is 38.2. The first-order chi connectivity index (χ1) is 16.8. The highest BCUT2D eigenvalue weighted by Gasteiger charge is 2.36. The molecule has 2 aromatic heterocycles. The monoisotopic (exact) mass is 493 g/mol. The lowest BCUT2D eigenvalue weighted by Crippen LogP contribution is -2.16. The molecule has 0 amide bonds. The average molecular weight is 494 g/mol. The Bertz CT molecular complexity index is 1540. The van der Waals surface area contributed by atoms with E-state index in [0.29, 0.717) is 46.3 Å². The van der Waals surface area contributed by atoms with E-state index in [-0.39, 0.29) is 22.9 Å². The number of ether oxygens (including phenoxy) is 1. The first kappa shape index (κ1) is 22.9. The number of rotatable bonds is 6. The van der Waals surface area contributed by atoms with Crippen molar-refractivity contribution in [2.24, 2.45) is 0 Å². The van der Waals surface area contributed by atoms with Crippen LogP contribution in [0.1, 0.15) is 28.8 Å². The fraction of sp³-hybridized carbons (Fsp3) is 0.250. The topological polar surface area (TPSA) is 120 Å². The zero-order valence-electron chi connectivity index (χ0n) is 19.4. The lowest BCUT2D eigenvalue weighted by molar-refractivity contribution is 0.0518. The van der Waals surface area contributed by atoms with Crippen LogP contribution in [0.2, 0.25) is 0 Å². The summed E-state index contributed by atoms with van der Waals surface area (Å²) in [7, 11) is 0.175. The summed E-state index contributed by atoms with van der Waals surface area (Å²) in [4.78, 5) is 19.3. The smallest absolute Gasteiger partial charge is 0.359 e. The van der Waals surface area contributed by atoms with E-state index in [1.54, 1.807) is 41.9 Å². The van der Waals surface area contributed by atoms with E-state index in [2.05, 4.69) is 15.2 Å². The highest BCUT2D eigenvalue weighted by Crippen LogP contribution is 2.41. The molecule has 5 rings (SSSR count). The zero-order chi connectivity index (χ0) is 24.7. The predicted octanol–water partition coefficient (Wildman–Crippen LogP) is 3.11. The molecule has 0 radical (unpaired) electrons. The van der Waals surface area contributed by atoms with Gasteiger partial charge in [0.1, 0.15) is 0 Å². The van der Waals surface area contributed by atoms with Crippen molar-refractivity contribution in [1.82, 2.24) is 24.8 Å². The molecule has 1 aliphatic rings. The van der Waals surface area contributed by atoms with Gasteiger partial charge in [0, 0.05) is 16.7 Å². The highest BCUT2D eigenvalue weighted by molar-refractivity contribution is 7.90. The van der Waals surface area contributed by atoms with Crippen LogP contribution < -0.4 is 0 Å². The molecule has 0 saturated carbocycles. The summed E-state index contributed by atoms with van der Waals surface area (Å²) in [5.41, 5.74) is 2.59. The molecular weight excluding hydrogens is 470 g/mol. The van der Waals surface area contributed by atoms with E-state index in [1.165, 1.54) is 0 Å². The van der Waals surface area contributed by atoms with Crippen molar-refractivity contribution in [2.45, 2.75) is 24.1 Å². The molecule has 35 heavy (non-hydrogen) atoms. The third-order valence-electron chi connectivity index (χ3n) is 5.53. The Kier molecular flexibility index (Phi) is 5.73. The molecule has 10 nitrogen and oxygen atoms in total. The van der Waals surface area contributed by atoms with Crippen molar-refractivity contribution in [3.63, 3.8) is 0 Å². The van der Waals surface area contributed by atoms with Gasteiger partial charge in [0.2, 0.25) is 0 Å². The second-order valence-corrected chi connectivity index (χ2v) is 10.3. The molecule has 0 bridgehead atoms. The molecule has 180 valence electrons. The summed E-state index contributed by atoms with van der Waals surface area (Å²) in [5.74, 6) is -0.113. The fourth-order valence-corrected chi connectivity index (χ4v) is 5.70. The third-order valence-corrected chi connectivity index (χ3v) is 7.22. The molecular formula is C24H23N5O5S. The number of carbonyl (C=O) groups is 1. The standard InChI is InChI=1S/C24H23N5O5S/c1-4-33-24(30)21-18-14-35(31,32)19-11-6-5-10-17(19)22(18)29(26-21)16-9-7-8-15(12-16)23-25-20(27-34-23)13-28(2)3/h5-12H,4,13-14H2,1-3H3. The van der Waals surface area contributed by atoms with Gasteiger partial charge in [-0.3, -0.25) is 0 Å². The molecule has 2 aromatic carbocycles. The summed E-state index contributed by atoms with van der Waals surface area (Å²) >= 11 is 0. The van der Waals surface area contributed by atoms with Gasteiger partial charge in [-0.2, -0.15) is 10.1 Å². The van der Waals surface area contributed by atoms with Crippen LogP contribution in [0.5, 0.6) is 0 Å². The largest absolute Gasteiger partial charge is 0.461 e. The SMILES string of the molecule is CCOC(=O)c1nn(-c2cccc(-c3nc(CN(C)C)no3)c2)c2c1CS(=O)(=O)c1ccccc1-2. The number of nitrogens with zero attached hydrogens (tertiary/aromatic N) is 5. The van der Waals surface area contributed by atoms with Crippen molar-refractivity contribution >= 4 is 15.8 Å². The van der Waals surface area contributed by atoms with E-state index in [1.807, 2.05) is 37.2 Å². The first-order valence-corrected chi connectivity index (χ1v) is 12.6.